The van der Waals surface area contributed by atoms with E-state index in [0.717, 1.165) is 63.2 Å². The van der Waals surface area contributed by atoms with Crippen molar-refractivity contribution in [2.75, 3.05) is 39.6 Å². The minimum Gasteiger partial charge on any atom is -0.493 e. The van der Waals surface area contributed by atoms with Crippen molar-refractivity contribution in [3.63, 3.8) is 0 Å². The van der Waals surface area contributed by atoms with Crippen LogP contribution in [0.2, 0.25) is 0 Å². The van der Waals surface area contributed by atoms with Gasteiger partial charge >= 0.3 is 0 Å². The fourth-order valence-electron chi connectivity index (χ4n) is 4.96. The zero-order chi connectivity index (χ0) is 22.9. The van der Waals surface area contributed by atoms with Crippen molar-refractivity contribution in [2.24, 2.45) is 0 Å². The first-order chi connectivity index (χ1) is 16.2. The van der Waals surface area contributed by atoms with Crippen LogP contribution in [-0.4, -0.2) is 34.7 Å². The first-order valence-electron chi connectivity index (χ1n) is 11.6. The molecule has 0 spiro atoms. The molecule has 174 valence electrons. The van der Waals surface area contributed by atoms with Gasteiger partial charge in [-0.3, -0.25) is 0 Å². The number of methoxy groups -OCH3 is 2. The lowest BCUT2D eigenvalue weighted by Crippen LogP contribution is -2.31. The summed E-state index contributed by atoms with van der Waals surface area (Å²) in [5, 5.41) is 2.22. The van der Waals surface area contributed by atoms with E-state index in [0.29, 0.717) is 12.4 Å². The number of anilines is 1. The van der Waals surface area contributed by atoms with Crippen LogP contribution >= 0.6 is 0 Å². The fraction of sp³-hybridized carbons (Fsp3) is 0.407. The molecular weight excluding hydrogens is 418 g/mol. The zero-order valence-electron chi connectivity index (χ0n) is 19.8. The lowest BCUT2D eigenvalue weighted by atomic mass is 9.88. The molecule has 0 bridgehead atoms. The highest BCUT2D eigenvalue weighted by Crippen LogP contribution is 2.53. The van der Waals surface area contributed by atoms with Crippen molar-refractivity contribution in [3.05, 3.63) is 42.0 Å². The van der Waals surface area contributed by atoms with Crippen LogP contribution in [0.25, 0.3) is 21.9 Å². The smallest absolute Gasteiger partial charge is 0.231 e. The van der Waals surface area contributed by atoms with Crippen LogP contribution < -0.4 is 23.8 Å². The largest absolute Gasteiger partial charge is 0.493 e. The Hall–Kier alpha value is -3.12. The third-order valence-corrected chi connectivity index (χ3v) is 6.58. The molecule has 0 saturated carbocycles. The quantitative estimate of drug-likeness (QED) is 0.376. The maximum Gasteiger partial charge on any atom is 0.231 e. The van der Waals surface area contributed by atoms with Crippen LogP contribution in [-0.2, 0) is 4.74 Å². The molecule has 2 aliphatic heterocycles. The Morgan fingerprint density at radius 3 is 2.48 bits per heavy atom. The Kier molecular flexibility index (Phi) is 5.94. The monoisotopic (exact) mass is 449 g/mol. The van der Waals surface area contributed by atoms with E-state index in [2.05, 4.69) is 49.2 Å². The molecule has 1 unspecified atom stereocenters. The molecule has 0 N–H and O–H groups in total. The van der Waals surface area contributed by atoms with E-state index in [9.17, 15) is 0 Å². The fourth-order valence-corrected chi connectivity index (χ4v) is 4.96. The average molecular weight is 450 g/mol. The van der Waals surface area contributed by atoms with Crippen LogP contribution in [0.5, 0.6) is 23.0 Å². The summed E-state index contributed by atoms with van der Waals surface area (Å²) in [6, 6.07) is 12.5. The van der Waals surface area contributed by atoms with E-state index < -0.39 is 0 Å². The topological polar surface area (TPSA) is 49.4 Å². The average Bonchev–Trinajstić information content (AvgIpc) is 3.30. The van der Waals surface area contributed by atoms with Crippen molar-refractivity contribution in [1.29, 1.82) is 0 Å². The van der Waals surface area contributed by atoms with Gasteiger partial charge in [-0.1, -0.05) is 38.3 Å². The van der Waals surface area contributed by atoms with E-state index in [4.69, 9.17) is 23.7 Å². The first kappa shape index (κ1) is 21.7. The number of unbranched alkanes of at least 4 members (excludes halogenated alkanes) is 3. The van der Waals surface area contributed by atoms with Gasteiger partial charge in [-0.2, -0.15) is 0 Å². The van der Waals surface area contributed by atoms with Gasteiger partial charge in [-0.15, -0.1) is 0 Å². The minimum absolute atomic E-state index is 0.257. The van der Waals surface area contributed by atoms with Crippen molar-refractivity contribution in [1.82, 2.24) is 0 Å². The second-order valence-electron chi connectivity index (χ2n) is 8.55. The maximum atomic E-state index is 6.54. The highest BCUT2D eigenvalue weighted by Gasteiger charge is 2.35. The SMILES string of the molecule is CCCCCCOC1c2c(ccc(OC)c2OC)-c2ccc3cc4c(cc3c2N1C)OCO4. The molecule has 2 aliphatic rings. The maximum absolute atomic E-state index is 6.54. The van der Waals surface area contributed by atoms with Gasteiger partial charge in [-0.25, -0.2) is 0 Å². The van der Waals surface area contributed by atoms with Crippen molar-refractivity contribution < 1.29 is 23.7 Å². The number of rotatable bonds is 8. The van der Waals surface area contributed by atoms with Crippen LogP contribution in [0.4, 0.5) is 5.69 Å². The molecule has 0 saturated heterocycles. The molecule has 6 nitrogen and oxygen atoms in total. The van der Waals surface area contributed by atoms with Gasteiger partial charge in [0.1, 0.15) is 0 Å². The van der Waals surface area contributed by atoms with Crippen molar-refractivity contribution >= 4 is 16.5 Å². The van der Waals surface area contributed by atoms with Gasteiger partial charge in [0.2, 0.25) is 6.79 Å². The normalized spacial score (nSPS) is 16.0. The van der Waals surface area contributed by atoms with Crippen LogP contribution in [0.1, 0.15) is 44.4 Å². The molecule has 2 heterocycles. The number of ether oxygens (including phenoxy) is 5. The van der Waals surface area contributed by atoms with E-state index >= 15 is 0 Å². The van der Waals surface area contributed by atoms with E-state index in [1.807, 2.05) is 6.07 Å². The van der Waals surface area contributed by atoms with E-state index in [1.54, 1.807) is 14.2 Å². The molecule has 3 aromatic carbocycles. The molecule has 1 atom stereocenters. The Balaban J connectivity index is 1.66. The third kappa shape index (κ3) is 3.62. The number of hydrogen-bond acceptors (Lipinski definition) is 6. The zero-order valence-corrected chi connectivity index (χ0v) is 19.8. The first-order valence-corrected chi connectivity index (χ1v) is 11.6. The van der Waals surface area contributed by atoms with Crippen molar-refractivity contribution in [3.8, 4) is 34.1 Å². The lowest BCUT2D eigenvalue weighted by Gasteiger charge is -2.39. The highest BCUT2D eigenvalue weighted by molar-refractivity contribution is 6.05. The van der Waals surface area contributed by atoms with E-state index in [1.165, 1.54) is 12.8 Å². The van der Waals surface area contributed by atoms with Crippen LogP contribution in [0.15, 0.2) is 36.4 Å². The van der Waals surface area contributed by atoms with Gasteiger partial charge in [-0.05, 0) is 41.6 Å². The summed E-state index contributed by atoms with van der Waals surface area (Å²) < 4.78 is 29.3. The predicted octanol–water partition coefficient (Wildman–Crippen LogP) is 6.30. The molecule has 33 heavy (non-hydrogen) atoms. The molecule has 0 aromatic heterocycles. The van der Waals surface area contributed by atoms with Gasteiger partial charge in [0.25, 0.3) is 0 Å². The van der Waals surface area contributed by atoms with Crippen LogP contribution in [0, 0.1) is 0 Å². The predicted molar refractivity (Wildman–Crippen MR) is 130 cm³/mol. The molecular formula is C27H31NO5. The molecule has 0 fully saturated rings. The summed E-state index contributed by atoms with van der Waals surface area (Å²) >= 11 is 0. The minimum atomic E-state index is -0.296. The Labute approximate surface area is 195 Å². The summed E-state index contributed by atoms with van der Waals surface area (Å²) in [4.78, 5) is 2.21. The Morgan fingerprint density at radius 1 is 0.939 bits per heavy atom. The molecule has 0 radical (unpaired) electrons. The number of hydrogen-bond donors (Lipinski definition) is 0. The van der Waals surface area contributed by atoms with Gasteiger partial charge in [0.05, 0.1) is 25.5 Å². The lowest BCUT2D eigenvalue weighted by molar-refractivity contribution is 0.0484. The second-order valence-corrected chi connectivity index (χ2v) is 8.55. The summed E-state index contributed by atoms with van der Waals surface area (Å²) in [7, 11) is 5.44. The standard InChI is InChI=1S/C27H31NO5/c1-5-6-7-8-13-31-27-24-18(11-12-21(29-3)26(24)30-4)19-10-9-17-14-22-23(33-16-32-22)15-20(17)25(19)28(27)2/h9-12,14-15,27H,5-8,13,16H2,1-4H3. The second kappa shape index (κ2) is 9.02. The van der Waals surface area contributed by atoms with E-state index in [-0.39, 0.29) is 13.0 Å². The Morgan fingerprint density at radius 2 is 1.73 bits per heavy atom. The molecule has 0 amide bonds. The van der Waals surface area contributed by atoms with Crippen LogP contribution in [0.3, 0.4) is 0 Å². The number of fused-ring (bicyclic) bond motifs is 6. The number of nitrogens with zero attached hydrogens (tertiary/aromatic N) is 1. The molecule has 6 heteroatoms. The summed E-state index contributed by atoms with van der Waals surface area (Å²) in [6.07, 6.45) is 4.32. The van der Waals surface area contributed by atoms with Gasteiger partial charge in [0.15, 0.2) is 29.2 Å². The molecule has 5 rings (SSSR count). The van der Waals surface area contributed by atoms with Gasteiger partial charge in [0, 0.05) is 24.6 Å². The van der Waals surface area contributed by atoms with Gasteiger partial charge < -0.3 is 28.6 Å². The Bertz CT molecular complexity index is 1180. The molecule has 3 aromatic rings. The molecule has 0 aliphatic carbocycles. The summed E-state index contributed by atoms with van der Waals surface area (Å²) in [5.74, 6) is 2.99. The summed E-state index contributed by atoms with van der Waals surface area (Å²) in [5.41, 5.74) is 4.34. The third-order valence-electron chi connectivity index (χ3n) is 6.58. The summed E-state index contributed by atoms with van der Waals surface area (Å²) in [6.45, 7) is 3.16. The number of benzene rings is 3. The highest BCUT2D eigenvalue weighted by atomic mass is 16.7. The van der Waals surface area contributed by atoms with Crippen molar-refractivity contribution in [2.45, 2.75) is 38.8 Å².